The summed E-state index contributed by atoms with van der Waals surface area (Å²) in [6, 6.07) is 0. The smallest absolute Gasteiger partial charge is 0.117 e. The van der Waals surface area contributed by atoms with Gasteiger partial charge in [-0.15, -0.1) is 11.3 Å². The Kier molecular flexibility index (Phi) is 7.00. The van der Waals surface area contributed by atoms with Crippen LogP contribution in [0.3, 0.4) is 0 Å². The Labute approximate surface area is 130 Å². The summed E-state index contributed by atoms with van der Waals surface area (Å²) in [4.78, 5) is 4.35. The first-order valence-electron chi connectivity index (χ1n) is 7.31. The van der Waals surface area contributed by atoms with Crippen LogP contribution in [0.1, 0.15) is 37.1 Å². The van der Waals surface area contributed by atoms with Gasteiger partial charge in [0.1, 0.15) is 9.34 Å². The Morgan fingerprint density at radius 1 is 1.50 bits per heavy atom. The molecule has 112 valence electrons. The van der Waals surface area contributed by atoms with Gasteiger partial charge in [0.15, 0.2) is 0 Å². The molecule has 2 rings (SSSR count). The van der Waals surface area contributed by atoms with Crippen molar-refractivity contribution in [2.75, 3.05) is 26.8 Å². The van der Waals surface area contributed by atoms with Crippen LogP contribution >= 0.6 is 22.9 Å². The van der Waals surface area contributed by atoms with Gasteiger partial charge in [-0.05, 0) is 24.8 Å². The number of hydrogen-bond donors (Lipinski definition) is 1. The zero-order valence-corrected chi connectivity index (χ0v) is 13.6. The molecule has 20 heavy (non-hydrogen) atoms. The predicted molar refractivity (Wildman–Crippen MR) is 86.4 cm³/mol. The fraction of sp³-hybridized carbons (Fsp3) is 0.667. The molecule has 0 bridgehead atoms. The third-order valence-electron chi connectivity index (χ3n) is 3.75. The van der Waals surface area contributed by atoms with E-state index in [4.69, 9.17) is 16.3 Å². The van der Waals surface area contributed by atoms with Crippen LogP contribution in [-0.4, -0.2) is 31.8 Å². The summed E-state index contributed by atoms with van der Waals surface area (Å²) in [7, 11) is 1.73. The maximum atomic E-state index is 5.97. The van der Waals surface area contributed by atoms with Crippen LogP contribution in [0.25, 0.3) is 6.08 Å². The molecule has 1 aliphatic rings. The minimum absolute atomic E-state index is 0.696. The number of thiazole rings is 1. The molecule has 0 unspecified atom stereocenters. The molecule has 3 nitrogen and oxygen atoms in total. The van der Waals surface area contributed by atoms with Gasteiger partial charge in [0.2, 0.25) is 0 Å². The highest BCUT2D eigenvalue weighted by Gasteiger charge is 2.18. The third-order valence-corrected chi connectivity index (χ3v) is 4.81. The van der Waals surface area contributed by atoms with Gasteiger partial charge in [-0.3, -0.25) is 0 Å². The number of halogens is 1. The van der Waals surface area contributed by atoms with Crippen LogP contribution in [0.15, 0.2) is 11.8 Å². The first kappa shape index (κ1) is 16.0. The largest absolute Gasteiger partial charge is 0.383 e. The van der Waals surface area contributed by atoms with Gasteiger partial charge in [0.05, 0.1) is 12.8 Å². The first-order chi connectivity index (χ1) is 9.79. The van der Waals surface area contributed by atoms with Gasteiger partial charge in [0.25, 0.3) is 0 Å². The summed E-state index contributed by atoms with van der Waals surface area (Å²) in [5.41, 5.74) is 1.46. The molecule has 0 aromatic carbocycles. The summed E-state index contributed by atoms with van der Waals surface area (Å²) >= 11 is 7.52. The van der Waals surface area contributed by atoms with Gasteiger partial charge in [-0.25, -0.2) is 4.98 Å². The normalized spacial score (nSPS) is 17.6. The highest BCUT2D eigenvalue weighted by molar-refractivity contribution is 7.16. The lowest BCUT2D eigenvalue weighted by molar-refractivity contribution is 0.200. The summed E-state index contributed by atoms with van der Waals surface area (Å²) in [6.07, 6.45) is 10.6. The average molecular weight is 315 g/mol. The summed E-state index contributed by atoms with van der Waals surface area (Å²) < 4.78 is 5.84. The lowest BCUT2D eigenvalue weighted by Crippen LogP contribution is -2.25. The zero-order chi connectivity index (χ0) is 14.2. The lowest BCUT2D eigenvalue weighted by Gasteiger charge is -2.24. The lowest BCUT2D eigenvalue weighted by atomic mass is 9.83. The van der Waals surface area contributed by atoms with E-state index in [9.17, 15) is 0 Å². The number of aromatic nitrogens is 1. The van der Waals surface area contributed by atoms with Gasteiger partial charge in [-0.1, -0.05) is 36.4 Å². The third kappa shape index (κ3) is 5.17. The van der Waals surface area contributed by atoms with Crippen LogP contribution in [0.4, 0.5) is 0 Å². The second kappa shape index (κ2) is 8.78. The molecular formula is C15H23ClN2OS. The number of rotatable bonds is 7. The van der Waals surface area contributed by atoms with Crippen LogP contribution in [-0.2, 0) is 4.74 Å². The molecule has 0 saturated heterocycles. The number of nitrogens with zero attached hydrogens (tertiary/aromatic N) is 1. The fourth-order valence-corrected chi connectivity index (χ4v) is 3.59. The molecular weight excluding hydrogens is 292 g/mol. The molecule has 0 spiro atoms. The standard InChI is InChI=1S/C15H23ClN2OS/c1-19-8-7-17-10-13(12-5-3-2-4-6-12)9-15-18-11-14(16)20-15/h9,11-12,17H,2-8,10H2,1H3/b13-9-. The Balaban J connectivity index is 2.00. The SMILES string of the molecule is COCCNC/C(=C/c1ncc(Cl)s1)C1CCCCC1. The van der Waals surface area contributed by atoms with E-state index in [-0.39, 0.29) is 0 Å². The number of methoxy groups -OCH3 is 1. The molecule has 1 aliphatic carbocycles. The number of nitrogens with one attached hydrogen (secondary N) is 1. The molecule has 0 aliphatic heterocycles. The summed E-state index contributed by atoms with van der Waals surface area (Å²) in [5.74, 6) is 0.696. The van der Waals surface area contributed by atoms with E-state index in [1.807, 2.05) is 0 Å². The maximum Gasteiger partial charge on any atom is 0.117 e. The molecule has 1 saturated carbocycles. The Morgan fingerprint density at radius 3 is 2.95 bits per heavy atom. The maximum absolute atomic E-state index is 5.97. The molecule has 1 fully saturated rings. The topological polar surface area (TPSA) is 34.1 Å². The van der Waals surface area contributed by atoms with Crippen molar-refractivity contribution in [2.45, 2.75) is 32.1 Å². The summed E-state index contributed by atoms with van der Waals surface area (Å²) in [5, 5.41) is 4.48. The van der Waals surface area contributed by atoms with Crippen LogP contribution in [0.2, 0.25) is 4.34 Å². The predicted octanol–water partition coefficient (Wildman–Crippen LogP) is 4.00. The molecule has 1 N–H and O–H groups in total. The highest BCUT2D eigenvalue weighted by Crippen LogP contribution is 2.31. The van der Waals surface area contributed by atoms with Crippen molar-refractivity contribution in [2.24, 2.45) is 5.92 Å². The minimum atomic E-state index is 0.696. The first-order valence-corrected chi connectivity index (χ1v) is 8.50. The minimum Gasteiger partial charge on any atom is -0.383 e. The van der Waals surface area contributed by atoms with E-state index < -0.39 is 0 Å². The van der Waals surface area contributed by atoms with Gasteiger partial charge in [-0.2, -0.15) is 0 Å². The van der Waals surface area contributed by atoms with Crippen molar-refractivity contribution in [3.8, 4) is 0 Å². The second-order valence-corrected chi connectivity index (χ2v) is 6.92. The van der Waals surface area contributed by atoms with Gasteiger partial charge in [0, 0.05) is 20.2 Å². The molecule has 1 aromatic rings. The van der Waals surface area contributed by atoms with Crippen LogP contribution in [0, 0.1) is 5.92 Å². The highest BCUT2D eigenvalue weighted by atomic mass is 35.5. The zero-order valence-electron chi connectivity index (χ0n) is 12.0. The Bertz CT molecular complexity index is 427. The van der Waals surface area contributed by atoms with E-state index in [1.165, 1.54) is 37.7 Å². The van der Waals surface area contributed by atoms with Crippen molar-refractivity contribution in [3.05, 3.63) is 21.1 Å². The van der Waals surface area contributed by atoms with Crippen molar-refractivity contribution in [1.29, 1.82) is 0 Å². The quantitative estimate of drug-likeness (QED) is 0.773. The molecule has 0 atom stereocenters. The average Bonchev–Trinajstić information content (AvgIpc) is 2.88. The molecule has 5 heteroatoms. The molecule has 1 aromatic heterocycles. The van der Waals surface area contributed by atoms with E-state index in [0.29, 0.717) is 5.92 Å². The van der Waals surface area contributed by atoms with Crippen molar-refractivity contribution < 1.29 is 4.74 Å². The second-order valence-electron chi connectivity index (χ2n) is 5.23. The van der Waals surface area contributed by atoms with Gasteiger partial charge >= 0.3 is 0 Å². The summed E-state index contributed by atoms with van der Waals surface area (Å²) in [6.45, 7) is 2.56. The van der Waals surface area contributed by atoms with Crippen molar-refractivity contribution in [3.63, 3.8) is 0 Å². The Hall–Kier alpha value is -0.420. The Morgan fingerprint density at radius 2 is 2.30 bits per heavy atom. The number of ether oxygens (including phenoxy) is 1. The van der Waals surface area contributed by atoms with E-state index >= 15 is 0 Å². The number of hydrogen-bond acceptors (Lipinski definition) is 4. The van der Waals surface area contributed by atoms with Crippen molar-refractivity contribution in [1.82, 2.24) is 10.3 Å². The fourth-order valence-electron chi connectivity index (χ4n) is 2.69. The van der Waals surface area contributed by atoms with Crippen molar-refractivity contribution >= 4 is 29.0 Å². The van der Waals surface area contributed by atoms with E-state index in [0.717, 1.165) is 29.0 Å². The van der Waals surface area contributed by atoms with Crippen LogP contribution in [0.5, 0.6) is 0 Å². The monoisotopic (exact) mass is 314 g/mol. The van der Waals surface area contributed by atoms with Gasteiger partial charge < -0.3 is 10.1 Å². The molecule has 0 amide bonds. The van der Waals surface area contributed by atoms with E-state index in [1.54, 1.807) is 24.6 Å². The molecule has 1 heterocycles. The van der Waals surface area contributed by atoms with E-state index in [2.05, 4.69) is 16.4 Å². The van der Waals surface area contributed by atoms with Crippen LogP contribution < -0.4 is 5.32 Å². The molecule has 0 radical (unpaired) electrons.